The van der Waals surface area contributed by atoms with Gasteiger partial charge >= 0.3 is 11.8 Å². The molecular weight excluding hydrogens is 292 g/mol. The van der Waals surface area contributed by atoms with E-state index in [9.17, 15) is 9.59 Å². The molecule has 5 nitrogen and oxygen atoms in total. The van der Waals surface area contributed by atoms with Gasteiger partial charge < -0.3 is 15.7 Å². The van der Waals surface area contributed by atoms with Gasteiger partial charge in [0.15, 0.2) is 0 Å². The van der Waals surface area contributed by atoms with Crippen LogP contribution in [-0.2, 0) is 15.0 Å². The van der Waals surface area contributed by atoms with E-state index in [1.165, 1.54) is 0 Å². The first kappa shape index (κ1) is 19.2. The average molecular weight is 320 g/mol. The van der Waals surface area contributed by atoms with E-state index in [1.54, 1.807) is 12.1 Å². The number of benzene rings is 1. The molecule has 0 aliphatic rings. The number of anilines is 1. The Morgan fingerprint density at radius 1 is 1.00 bits per heavy atom. The van der Waals surface area contributed by atoms with Crippen molar-refractivity contribution < 1.29 is 14.7 Å². The Labute approximate surface area is 138 Å². The van der Waals surface area contributed by atoms with Crippen molar-refractivity contribution >= 4 is 17.5 Å². The first-order valence-corrected chi connectivity index (χ1v) is 7.86. The summed E-state index contributed by atoms with van der Waals surface area (Å²) < 4.78 is 0. The van der Waals surface area contributed by atoms with Gasteiger partial charge in [-0.25, -0.2) is 0 Å². The van der Waals surface area contributed by atoms with E-state index in [4.69, 9.17) is 5.11 Å². The molecule has 0 heterocycles. The molecule has 0 saturated carbocycles. The quantitative estimate of drug-likeness (QED) is 0.729. The number of carbonyl (C=O) groups excluding carboxylic acids is 2. The van der Waals surface area contributed by atoms with E-state index in [-0.39, 0.29) is 17.4 Å². The van der Waals surface area contributed by atoms with Crippen molar-refractivity contribution in [3.63, 3.8) is 0 Å². The number of hydrogen-bond acceptors (Lipinski definition) is 3. The van der Waals surface area contributed by atoms with Gasteiger partial charge in [-0.05, 0) is 34.9 Å². The molecule has 0 radical (unpaired) electrons. The lowest BCUT2D eigenvalue weighted by Gasteiger charge is -2.23. The Bertz CT molecular complexity index is 542. The van der Waals surface area contributed by atoms with Crippen LogP contribution in [0.4, 0.5) is 5.69 Å². The summed E-state index contributed by atoms with van der Waals surface area (Å²) >= 11 is 0. The van der Waals surface area contributed by atoms with Crippen LogP contribution in [-0.4, -0.2) is 30.1 Å². The molecular formula is C18H28N2O3. The standard InChI is InChI=1S/C18H28N2O3/c1-17(2,3)13-6-8-14(9-7-13)20-16(23)15(22)19-12-18(4,5)10-11-21/h6-9,21H,10-12H2,1-5H3,(H,19,22)(H,20,23). The second-order valence-corrected chi connectivity index (χ2v) is 7.60. The van der Waals surface area contributed by atoms with Gasteiger partial charge in [-0.1, -0.05) is 46.8 Å². The van der Waals surface area contributed by atoms with Gasteiger partial charge in [-0.2, -0.15) is 0 Å². The van der Waals surface area contributed by atoms with Crippen molar-refractivity contribution in [3.05, 3.63) is 29.8 Å². The number of hydrogen-bond donors (Lipinski definition) is 3. The van der Waals surface area contributed by atoms with Crippen LogP contribution in [0.1, 0.15) is 46.6 Å². The maximum atomic E-state index is 11.9. The highest BCUT2D eigenvalue weighted by molar-refractivity contribution is 6.39. The van der Waals surface area contributed by atoms with Gasteiger partial charge in [-0.15, -0.1) is 0 Å². The number of carbonyl (C=O) groups is 2. The van der Waals surface area contributed by atoms with Gasteiger partial charge in [0.1, 0.15) is 0 Å². The highest BCUT2D eigenvalue weighted by atomic mass is 16.3. The number of aliphatic hydroxyl groups is 1. The van der Waals surface area contributed by atoms with E-state index >= 15 is 0 Å². The van der Waals surface area contributed by atoms with E-state index in [2.05, 4.69) is 31.4 Å². The molecule has 2 amide bonds. The van der Waals surface area contributed by atoms with Crippen LogP contribution in [0.3, 0.4) is 0 Å². The number of nitrogens with one attached hydrogen (secondary N) is 2. The summed E-state index contributed by atoms with van der Waals surface area (Å²) in [5, 5.41) is 14.1. The molecule has 0 spiro atoms. The fraction of sp³-hybridized carbons (Fsp3) is 0.556. The molecule has 0 saturated heterocycles. The lowest BCUT2D eigenvalue weighted by atomic mass is 9.87. The zero-order valence-electron chi connectivity index (χ0n) is 14.7. The summed E-state index contributed by atoms with van der Waals surface area (Å²) in [5.41, 5.74) is 1.54. The molecule has 1 aromatic carbocycles. The second kappa shape index (κ2) is 7.59. The number of amides is 2. The Morgan fingerprint density at radius 2 is 1.57 bits per heavy atom. The van der Waals surface area contributed by atoms with Crippen LogP contribution in [0.15, 0.2) is 24.3 Å². The third kappa shape index (κ3) is 6.40. The zero-order valence-corrected chi connectivity index (χ0v) is 14.7. The topological polar surface area (TPSA) is 78.4 Å². The molecule has 23 heavy (non-hydrogen) atoms. The van der Waals surface area contributed by atoms with Gasteiger partial charge in [0.2, 0.25) is 0 Å². The molecule has 3 N–H and O–H groups in total. The summed E-state index contributed by atoms with van der Waals surface area (Å²) in [7, 11) is 0. The largest absolute Gasteiger partial charge is 0.396 e. The fourth-order valence-electron chi connectivity index (χ4n) is 2.03. The molecule has 5 heteroatoms. The van der Waals surface area contributed by atoms with Crippen LogP contribution in [0, 0.1) is 5.41 Å². The highest BCUT2D eigenvalue weighted by Gasteiger charge is 2.21. The first-order valence-electron chi connectivity index (χ1n) is 7.86. The molecule has 0 aromatic heterocycles. The maximum absolute atomic E-state index is 11.9. The molecule has 0 aliphatic heterocycles. The second-order valence-electron chi connectivity index (χ2n) is 7.60. The van der Waals surface area contributed by atoms with Crippen LogP contribution in [0.2, 0.25) is 0 Å². The van der Waals surface area contributed by atoms with Crippen molar-refractivity contribution in [3.8, 4) is 0 Å². The van der Waals surface area contributed by atoms with Gasteiger partial charge in [-0.3, -0.25) is 9.59 Å². The third-order valence-corrected chi connectivity index (χ3v) is 3.73. The van der Waals surface area contributed by atoms with Crippen molar-refractivity contribution in [2.24, 2.45) is 5.41 Å². The minimum atomic E-state index is -0.687. The summed E-state index contributed by atoms with van der Waals surface area (Å²) in [6.45, 7) is 10.6. The lowest BCUT2D eigenvalue weighted by molar-refractivity contribution is -0.136. The number of rotatable bonds is 5. The van der Waals surface area contributed by atoms with Crippen LogP contribution >= 0.6 is 0 Å². The first-order chi connectivity index (χ1) is 10.5. The van der Waals surface area contributed by atoms with E-state index < -0.39 is 11.8 Å². The maximum Gasteiger partial charge on any atom is 0.313 e. The highest BCUT2D eigenvalue weighted by Crippen LogP contribution is 2.23. The summed E-state index contributed by atoms with van der Waals surface area (Å²) in [6.07, 6.45) is 0.559. The SMILES string of the molecule is CC(C)(CCO)CNC(=O)C(=O)Nc1ccc(C(C)(C)C)cc1. The smallest absolute Gasteiger partial charge is 0.313 e. The fourth-order valence-corrected chi connectivity index (χ4v) is 2.03. The molecule has 1 rings (SSSR count). The Balaban J connectivity index is 2.57. The predicted molar refractivity (Wildman–Crippen MR) is 92.3 cm³/mol. The summed E-state index contributed by atoms with van der Waals surface area (Å²) in [5.74, 6) is -1.36. The monoisotopic (exact) mass is 320 g/mol. The summed E-state index contributed by atoms with van der Waals surface area (Å²) in [6, 6.07) is 7.47. The number of aliphatic hydroxyl groups excluding tert-OH is 1. The Hall–Kier alpha value is -1.88. The Morgan fingerprint density at radius 3 is 2.04 bits per heavy atom. The van der Waals surface area contributed by atoms with E-state index in [0.717, 1.165) is 5.56 Å². The minimum Gasteiger partial charge on any atom is -0.396 e. The lowest BCUT2D eigenvalue weighted by Crippen LogP contribution is -2.40. The molecule has 0 fully saturated rings. The van der Waals surface area contributed by atoms with Crippen LogP contribution in [0.25, 0.3) is 0 Å². The van der Waals surface area contributed by atoms with Crippen molar-refractivity contribution in [2.75, 3.05) is 18.5 Å². The molecule has 0 aliphatic carbocycles. The van der Waals surface area contributed by atoms with Crippen molar-refractivity contribution in [1.82, 2.24) is 5.32 Å². The van der Waals surface area contributed by atoms with Crippen molar-refractivity contribution in [2.45, 2.75) is 46.5 Å². The van der Waals surface area contributed by atoms with Crippen molar-refractivity contribution in [1.29, 1.82) is 0 Å². The minimum absolute atomic E-state index is 0.0399. The van der Waals surface area contributed by atoms with Gasteiger partial charge in [0, 0.05) is 18.8 Å². The molecule has 0 atom stereocenters. The van der Waals surface area contributed by atoms with E-state index in [1.807, 2.05) is 26.0 Å². The third-order valence-electron chi connectivity index (χ3n) is 3.73. The van der Waals surface area contributed by atoms with Crippen LogP contribution < -0.4 is 10.6 Å². The molecule has 128 valence electrons. The normalized spacial score (nSPS) is 11.9. The van der Waals surface area contributed by atoms with E-state index in [0.29, 0.717) is 18.7 Å². The van der Waals surface area contributed by atoms with Crippen LogP contribution in [0.5, 0.6) is 0 Å². The zero-order chi connectivity index (χ0) is 17.7. The molecule has 0 unspecified atom stereocenters. The molecule has 0 bridgehead atoms. The average Bonchev–Trinajstić information content (AvgIpc) is 2.44. The predicted octanol–water partition coefficient (Wildman–Crippen LogP) is 2.45. The van der Waals surface area contributed by atoms with Gasteiger partial charge in [0.05, 0.1) is 0 Å². The molecule has 1 aromatic rings. The summed E-state index contributed by atoms with van der Waals surface area (Å²) in [4.78, 5) is 23.7. The van der Waals surface area contributed by atoms with Gasteiger partial charge in [0.25, 0.3) is 0 Å². The Kier molecular flexibility index (Phi) is 6.33.